The van der Waals surface area contributed by atoms with E-state index in [4.69, 9.17) is 0 Å². The molecule has 0 aliphatic carbocycles. The van der Waals surface area contributed by atoms with Crippen LogP contribution in [-0.4, -0.2) is 25.2 Å². The van der Waals surface area contributed by atoms with Gasteiger partial charge in [-0.05, 0) is 65.2 Å². The molecule has 6 nitrogen and oxygen atoms in total. The van der Waals surface area contributed by atoms with Crippen molar-refractivity contribution in [2.45, 2.75) is 20.4 Å². The Morgan fingerprint density at radius 1 is 1.14 bits per heavy atom. The third-order valence-electron chi connectivity index (χ3n) is 3.42. The van der Waals surface area contributed by atoms with Crippen molar-refractivity contribution in [3.05, 3.63) is 59.7 Å². The van der Waals surface area contributed by atoms with Gasteiger partial charge < -0.3 is 5.32 Å². The van der Waals surface area contributed by atoms with Gasteiger partial charge in [-0.15, -0.1) is 5.10 Å². The number of nitrogens with zero attached hydrogens (tertiary/aromatic N) is 5. The topological polar surface area (TPSA) is 68.5 Å². The van der Waals surface area contributed by atoms with Crippen LogP contribution in [-0.2, 0) is 6.54 Å². The molecule has 0 saturated heterocycles. The molecule has 0 amide bonds. The second kappa shape index (κ2) is 5.70. The molecule has 0 aliphatic heterocycles. The van der Waals surface area contributed by atoms with Crippen LogP contribution in [0.3, 0.4) is 0 Å². The van der Waals surface area contributed by atoms with Crippen LogP contribution in [0.4, 0.5) is 5.69 Å². The summed E-state index contributed by atoms with van der Waals surface area (Å²) in [6, 6.07) is 8.13. The summed E-state index contributed by atoms with van der Waals surface area (Å²) in [6.07, 6.45) is 5.29. The van der Waals surface area contributed by atoms with Crippen LogP contribution in [0.15, 0.2) is 43.0 Å². The molecule has 0 fully saturated rings. The highest BCUT2D eigenvalue weighted by Crippen LogP contribution is 2.18. The van der Waals surface area contributed by atoms with Crippen molar-refractivity contribution in [3.63, 3.8) is 0 Å². The highest BCUT2D eigenvalue weighted by atomic mass is 15.5. The Balaban J connectivity index is 1.76. The number of aryl methyl sites for hydroxylation is 2. The van der Waals surface area contributed by atoms with Crippen molar-refractivity contribution in [2.24, 2.45) is 0 Å². The summed E-state index contributed by atoms with van der Waals surface area (Å²) >= 11 is 0. The molecular formula is C15H16N6. The Hall–Kier alpha value is -2.76. The lowest BCUT2D eigenvalue weighted by atomic mass is 10.1. The van der Waals surface area contributed by atoms with Gasteiger partial charge in [-0.1, -0.05) is 0 Å². The van der Waals surface area contributed by atoms with E-state index in [0.29, 0.717) is 0 Å². The van der Waals surface area contributed by atoms with Gasteiger partial charge in [-0.2, -0.15) is 0 Å². The van der Waals surface area contributed by atoms with Gasteiger partial charge in [0.05, 0.1) is 5.69 Å². The van der Waals surface area contributed by atoms with Gasteiger partial charge in [0.2, 0.25) is 0 Å². The largest absolute Gasteiger partial charge is 0.381 e. The average molecular weight is 280 g/mol. The maximum atomic E-state index is 4.16. The minimum atomic E-state index is 0.753. The Morgan fingerprint density at radius 3 is 2.76 bits per heavy atom. The molecule has 0 bridgehead atoms. The molecule has 3 aromatic rings. The van der Waals surface area contributed by atoms with E-state index in [-0.39, 0.29) is 0 Å². The molecule has 1 aromatic carbocycles. The van der Waals surface area contributed by atoms with Crippen molar-refractivity contribution in [1.82, 2.24) is 25.2 Å². The van der Waals surface area contributed by atoms with Crippen LogP contribution in [0.25, 0.3) is 5.69 Å². The van der Waals surface area contributed by atoms with E-state index in [0.717, 1.165) is 23.5 Å². The van der Waals surface area contributed by atoms with Crippen LogP contribution < -0.4 is 5.32 Å². The molecule has 0 unspecified atom stereocenters. The Morgan fingerprint density at radius 2 is 2.05 bits per heavy atom. The fourth-order valence-corrected chi connectivity index (χ4v) is 2.17. The predicted octanol–water partition coefficient (Wildman–Crippen LogP) is 2.29. The maximum absolute atomic E-state index is 4.16. The Kier molecular flexibility index (Phi) is 3.59. The van der Waals surface area contributed by atoms with Crippen molar-refractivity contribution in [1.29, 1.82) is 0 Å². The lowest BCUT2D eigenvalue weighted by Crippen LogP contribution is -2.03. The third kappa shape index (κ3) is 2.89. The lowest BCUT2D eigenvalue weighted by molar-refractivity contribution is 0.785. The number of aromatic nitrogens is 5. The monoisotopic (exact) mass is 280 g/mol. The third-order valence-corrected chi connectivity index (χ3v) is 3.42. The van der Waals surface area contributed by atoms with Crippen LogP contribution in [0.5, 0.6) is 0 Å². The molecule has 0 radical (unpaired) electrons. The van der Waals surface area contributed by atoms with Crippen molar-refractivity contribution >= 4 is 5.69 Å². The first-order valence-corrected chi connectivity index (χ1v) is 6.71. The SMILES string of the molecule is Cc1ccncc1CNc1ccc(-n2cnnn2)c(C)c1. The molecule has 1 N–H and O–H groups in total. The van der Waals surface area contributed by atoms with E-state index in [1.165, 1.54) is 11.1 Å². The molecule has 0 saturated carbocycles. The Bertz CT molecular complexity index is 736. The number of pyridine rings is 1. The molecule has 21 heavy (non-hydrogen) atoms. The van der Waals surface area contributed by atoms with Crippen molar-refractivity contribution in [3.8, 4) is 5.69 Å². The summed E-state index contributed by atoms with van der Waals surface area (Å²) in [4.78, 5) is 4.16. The molecule has 0 atom stereocenters. The highest BCUT2D eigenvalue weighted by molar-refractivity contribution is 5.53. The molecule has 0 aliphatic rings. The smallest absolute Gasteiger partial charge is 0.143 e. The molecule has 106 valence electrons. The summed E-state index contributed by atoms with van der Waals surface area (Å²) in [5.41, 5.74) is 5.57. The number of anilines is 1. The quantitative estimate of drug-likeness (QED) is 0.794. The number of hydrogen-bond donors (Lipinski definition) is 1. The maximum Gasteiger partial charge on any atom is 0.143 e. The minimum absolute atomic E-state index is 0.753. The van der Waals surface area contributed by atoms with Gasteiger partial charge in [0.25, 0.3) is 0 Å². The zero-order chi connectivity index (χ0) is 14.7. The van der Waals surface area contributed by atoms with E-state index in [1.807, 2.05) is 37.5 Å². The zero-order valence-electron chi connectivity index (χ0n) is 12.0. The molecular weight excluding hydrogens is 264 g/mol. The number of nitrogens with one attached hydrogen (secondary N) is 1. The zero-order valence-corrected chi connectivity index (χ0v) is 12.0. The number of benzene rings is 1. The van der Waals surface area contributed by atoms with Gasteiger partial charge in [0, 0.05) is 24.6 Å². The normalized spacial score (nSPS) is 10.6. The average Bonchev–Trinajstić information content (AvgIpc) is 3.00. The van der Waals surface area contributed by atoms with E-state index in [9.17, 15) is 0 Å². The first-order chi connectivity index (χ1) is 10.2. The van der Waals surface area contributed by atoms with Gasteiger partial charge in [-0.3, -0.25) is 4.98 Å². The van der Waals surface area contributed by atoms with Crippen LogP contribution in [0, 0.1) is 13.8 Å². The predicted molar refractivity (Wildman–Crippen MR) is 80.2 cm³/mol. The molecule has 6 heteroatoms. The summed E-state index contributed by atoms with van der Waals surface area (Å²) in [5.74, 6) is 0. The summed E-state index contributed by atoms with van der Waals surface area (Å²) in [5, 5.41) is 14.6. The highest BCUT2D eigenvalue weighted by Gasteiger charge is 2.04. The fourth-order valence-electron chi connectivity index (χ4n) is 2.17. The van der Waals surface area contributed by atoms with Crippen LogP contribution in [0.2, 0.25) is 0 Å². The number of tetrazole rings is 1. The first-order valence-electron chi connectivity index (χ1n) is 6.71. The Labute approximate surface area is 122 Å². The second-order valence-corrected chi connectivity index (χ2v) is 4.91. The van der Waals surface area contributed by atoms with E-state index >= 15 is 0 Å². The van der Waals surface area contributed by atoms with Crippen LogP contribution in [0.1, 0.15) is 16.7 Å². The van der Waals surface area contributed by atoms with Crippen molar-refractivity contribution in [2.75, 3.05) is 5.32 Å². The number of hydrogen-bond acceptors (Lipinski definition) is 5. The molecule has 2 heterocycles. The molecule has 2 aromatic heterocycles. The first kappa shape index (κ1) is 13.2. The lowest BCUT2D eigenvalue weighted by Gasteiger charge is -2.11. The van der Waals surface area contributed by atoms with Gasteiger partial charge in [0.1, 0.15) is 6.33 Å². The standard InChI is InChI=1S/C15H16N6/c1-11-5-6-16-8-13(11)9-17-14-3-4-15(12(2)7-14)21-10-18-19-20-21/h3-8,10,17H,9H2,1-2H3. The van der Waals surface area contributed by atoms with E-state index in [1.54, 1.807) is 11.0 Å². The van der Waals surface area contributed by atoms with Gasteiger partial charge >= 0.3 is 0 Å². The van der Waals surface area contributed by atoms with E-state index in [2.05, 4.69) is 38.8 Å². The summed E-state index contributed by atoms with van der Waals surface area (Å²) in [6.45, 7) is 4.88. The van der Waals surface area contributed by atoms with Crippen molar-refractivity contribution < 1.29 is 0 Å². The molecule has 0 spiro atoms. The minimum Gasteiger partial charge on any atom is -0.381 e. The van der Waals surface area contributed by atoms with Crippen LogP contribution >= 0.6 is 0 Å². The van der Waals surface area contributed by atoms with E-state index < -0.39 is 0 Å². The fraction of sp³-hybridized carbons (Fsp3) is 0.200. The van der Waals surface area contributed by atoms with Gasteiger partial charge in [0.15, 0.2) is 0 Å². The van der Waals surface area contributed by atoms with Gasteiger partial charge in [-0.25, -0.2) is 4.68 Å². The molecule has 3 rings (SSSR count). The number of rotatable bonds is 4. The second-order valence-electron chi connectivity index (χ2n) is 4.91. The summed E-state index contributed by atoms with van der Waals surface area (Å²) < 4.78 is 1.66. The summed E-state index contributed by atoms with van der Waals surface area (Å²) in [7, 11) is 0.